The van der Waals surface area contributed by atoms with Gasteiger partial charge in [0.2, 0.25) is 0 Å². The Hall–Kier alpha value is -2.13. The average molecular weight is 495 g/mol. The first-order chi connectivity index (χ1) is 16.6. The molecule has 0 spiro atoms. The second-order valence-electron chi connectivity index (χ2n) is 10.4. The van der Waals surface area contributed by atoms with Crippen molar-refractivity contribution < 1.29 is 22.8 Å². The Balaban J connectivity index is 1.38. The number of hydrogen-bond donors (Lipinski definition) is 1. The van der Waals surface area contributed by atoms with Crippen molar-refractivity contribution in [3.63, 3.8) is 0 Å². The van der Waals surface area contributed by atoms with E-state index in [2.05, 4.69) is 22.2 Å². The number of amides is 3. The Morgan fingerprint density at radius 1 is 1.11 bits per heavy atom. The second kappa shape index (κ2) is 10.5. The monoisotopic (exact) mass is 494 g/mol. The molecule has 194 valence electrons. The van der Waals surface area contributed by atoms with E-state index in [1.54, 1.807) is 6.07 Å². The maximum absolute atomic E-state index is 13.6. The second-order valence-corrected chi connectivity index (χ2v) is 10.4. The van der Waals surface area contributed by atoms with Gasteiger partial charge in [-0.3, -0.25) is 14.6 Å². The minimum Gasteiger partial charge on any atom is -0.323 e. The van der Waals surface area contributed by atoms with Gasteiger partial charge in [0.1, 0.15) is 5.54 Å². The van der Waals surface area contributed by atoms with Crippen LogP contribution in [0.4, 0.5) is 18.0 Å². The zero-order valence-corrected chi connectivity index (χ0v) is 20.7. The number of halogens is 3. The highest BCUT2D eigenvalue weighted by atomic mass is 19.4. The summed E-state index contributed by atoms with van der Waals surface area (Å²) in [6, 6.07) is 5.61. The summed E-state index contributed by atoms with van der Waals surface area (Å²) in [4.78, 5) is 32.4. The summed E-state index contributed by atoms with van der Waals surface area (Å²) in [5.74, 6) is -0.0721. The van der Waals surface area contributed by atoms with Crippen LogP contribution in [0, 0.1) is 5.92 Å². The molecule has 0 aliphatic carbocycles. The lowest BCUT2D eigenvalue weighted by Gasteiger charge is -2.41. The third kappa shape index (κ3) is 5.50. The largest absolute Gasteiger partial charge is 0.416 e. The molecule has 1 aromatic carbocycles. The summed E-state index contributed by atoms with van der Waals surface area (Å²) in [5.41, 5.74) is -0.861. The highest BCUT2D eigenvalue weighted by Gasteiger charge is 2.55. The van der Waals surface area contributed by atoms with Gasteiger partial charge in [0.05, 0.1) is 5.56 Å². The molecule has 0 aromatic heterocycles. The lowest BCUT2D eigenvalue weighted by molar-refractivity contribution is -0.137. The molecule has 3 aliphatic rings. The van der Waals surface area contributed by atoms with Crippen LogP contribution in [0.1, 0.15) is 63.0 Å². The van der Waals surface area contributed by atoms with Crippen molar-refractivity contribution in [2.24, 2.45) is 5.92 Å². The third-order valence-corrected chi connectivity index (χ3v) is 8.15. The molecular weight excluding hydrogens is 457 g/mol. The van der Waals surface area contributed by atoms with E-state index >= 15 is 0 Å². The van der Waals surface area contributed by atoms with Gasteiger partial charge in [-0.05, 0) is 82.8 Å². The topological polar surface area (TPSA) is 55.9 Å². The summed E-state index contributed by atoms with van der Waals surface area (Å²) in [6.07, 6.45) is 1.55. The van der Waals surface area contributed by atoms with Gasteiger partial charge in [-0.25, -0.2) is 4.79 Å². The molecule has 1 N–H and O–H groups in total. The van der Waals surface area contributed by atoms with Crippen LogP contribution in [0.5, 0.6) is 0 Å². The first-order valence-electron chi connectivity index (χ1n) is 12.9. The van der Waals surface area contributed by atoms with E-state index in [-0.39, 0.29) is 17.9 Å². The van der Waals surface area contributed by atoms with Gasteiger partial charge >= 0.3 is 12.2 Å². The van der Waals surface area contributed by atoms with Gasteiger partial charge in [0.25, 0.3) is 5.91 Å². The van der Waals surface area contributed by atoms with Crippen molar-refractivity contribution in [1.29, 1.82) is 0 Å². The summed E-state index contributed by atoms with van der Waals surface area (Å²) < 4.78 is 39.2. The summed E-state index contributed by atoms with van der Waals surface area (Å²) in [5, 5.41) is 3.09. The standard InChI is InChI=1S/C26H37F3N4O2/c1-3-12-25(23(34)33(24(35)30-25)16-11-22-8-5-13-31(22)2)20-9-14-32(15-10-20)18-19-6-4-7-21(17-19)26(27,28)29/h4,6-7,17,20,22H,3,5,8-16,18H2,1-2H3,(H,30,35)/t22-,25+/m0/s1. The lowest BCUT2D eigenvalue weighted by atomic mass is 9.74. The first-order valence-corrected chi connectivity index (χ1v) is 12.9. The fourth-order valence-electron chi connectivity index (χ4n) is 6.20. The van der Waals surface area contributed by atoms with E-state index < -0.39 is 17.3 Å². The van der Waals surface area contributed by atoms with Crippen molar-refractivity contribution in [3.05, 3.63) is 35.4 Å². The number of alkyl halides is 3. The van der Waals surface area contributed by atoms with Crippen LogP contribution in [0.2, 0.25) is 0 Å². The Morgan fingerprint density at radius 2 is 1.86 bits per heavy atom. The maximum Gasteiger partial charge on any atom is 0.416 e. The van der Waals surface area contributed by atoms with E-state index in [4.69, 9.17) is 0 Å². The Kier molecular flexibility index (Phi) is 7.76. The molecular formula is C26H37F3N4O2. The highest BCUT2D eigenvalue weighted by Crippen LogP contribution is 2.38. The molecule has 35 heavy (non-hydrogen) atoms. The Bertz CT molecular complexity index is 916. The van der Waals surface area contributed by atoms with Gasteiger partial charge in [0, 0.05) is 19.1 Å². The SMILES string of the molecule is CCC[C@]1(C2CCN(Cc3cccc(C(F)(F)F)c3)CC2)NC(=O)N(CC[C@@H]2CCCN2C)C1=O. The molecule has 0 saturated carbocycles. The average Bonchev–Trinajstić information content (AvgIpc) is 3.33. The van der Waals surface area contributed by atoms with Gasteiger partial charge < -0.3 is 10.2 Å². The number of rotatable bonds is 8. The Labute approximate surface area is 205 Å². The maximum atomic E-state index is 13.6. The quantitative estimate of drug-likeness (QED) is 0.541. The summed E-state index contributed by atoms with van der Waals surface area (Å²) >= 11 is 0. The van der Waals surface area contributed by atoms with Crippen LogP contribution >= 0.6 is 0 Å². The smallest absolute Gasteiger partial charge is 0.323 e. The fourth-order valence-corrected chi connectivity index (χ4v) is 6.20. The number of carbonyl (C=O) groups excluding carboxylic acids is 2. The van der Waals surface area contributed by atoms with Gasteiger partial charge in [-0.1, -0.05) is 31.5 Å². The number of nitrogens with zero attached hydrogens (tertiary/aromatic N) is 3. The van der Waals surface area contributed by atoms with E-state index in [0.717, 1.165) is 51.1 Å². The molecule has 0 unspecified atom stereocenters. The number of nitrogens with one attached hydrogen (secondary N) is 1. The molecule has 3 heterocycles. The summed E-state index contributed by atoms with van der Waals surface area (Å²) in [7, 11) is 2.10. The predicted octanol–water partition coefficient (Wildman–Crippen LogP) is 4.49. The molecule has 1 aromatic rings. The molecule has 6 nitrogen and oxygen atoms in total. The zero-order valence-electron chi connectivity index (χ0n) is 20.7. The van der Waals surface area contributed by atoms with Crippen LogP contribution in [0.3, 0.4) is 0 Å². The predicted molar refractivity (Wildman–Crippen MR) is 128 cm³/mol. The third-order valence-electron chi connectivity index (χ3n) is 8.15. The van der Waals surface area contributed by atoms with E-state index in [9.17, 15) is 22.8 Å². The van der Waals surface area contributed by atoms with Gasteiger partial charge in [-0.2, -0.15) is 13.2 Å². The normalized spacial score (nSPS) is 27.1. The van der Waals surface area contributed by atoms with Crippen LogP contribution < -0.4 is 5.32 Å². The highest BCUT2D eigenvalue weighted by molar-refractivity contribution is 6.07. The van der Waals surface area contributed by atoms with Crippen LogP contribution in [-0.2, 0) is 17.5 Å². The number of carbonyl (C=O) groups is 2. The van der Waals surface area contributed by atoms with Gasteiger partial charge in [-0.15, -0.1) is 0 Å². The summed E-state index contributed by atoms with van der Waals surface area (Å²) in [6.45, 7) is 5.34. The number of benzene rings is 1. The van der Waals surface area contributed by atoms with Crippen molar-refractivity contribution in [2.45, 2.75) is 76.2 Å². The van der Waals surface area contributed by atoms with Crippen molar-refractivity contribution in [1.82, 2.24) is 20.0 Å². The fraction of sp³-hybridized carbons (Fsp3) is 0.692. The van der Waals surface area contributed by atoms with Crippen LogP contribution in [-0.4, -0.2) is 71.4 Å². The number of hydrogen-bond acceptors (Lipinski definition) is 4. The van der Waals surface area contributed by atoms with Crippen molar-refractivity contribution >= 4 is 11.9 Å². The number of piperidine rings is 1. The van der Waals surface area contributed by atoms with E-state index in [1.807, 2.05) is 6.92 Å². The van der Waals surface area contributed by atoms with E-state index in [1.165, 1.54) is 17.0 Å². The molecule has 0 radical (unpaired) electrons. The lowest BCUT2D eigenvalue weighted by Crippen LogP contribution is -2.56. The Morgan fingerprint density at radius 3 is 2.49 bits per heavy atom. The molecule has 3 aliphatic heterocycles. The molecule has 4 rings (SSSR count). The van der Waals surface area contributed by atoms with Crippen molar-refractivity contribution in [3.8, 4) is 0 Å². The van der Waals surface area contributed by atoms with Crippen LogP contribution in [0.25, 0.3) is 0 Å². The molecule has 3 amide bonds. The molecule has 0 bridgehead atoms. The van der Waals surface area contributed by atoms with Crippen LogP contribution in [0.15, 0.2) is 24.3 Å². The van der Waals surface area contributed by atoms with Gasteiger partial charge in [0.15, 0.2) is 0 Å². The molecule has 9 heteroatoms. The minimum atomic E-state index is -4.35. The minimum absolute atomic E-state index is 0.0239. The first kappa shape index (κ1) is 25.9. The zero-order chi connectivity index (χ0) is 25.2. The number of urea groups is 1. The molecule has 2 atom stereocenters. The molecule has 3 fully saturated rings. The van der Waals surface area contributed by atoms with Crippen molar-refractivity contribution in [2.75, 3.05) is 33.2 Å². The number of imide groups is 1. The van der Waals surface area contributed by atoms with E-state index in [0.29, 0.717) is 44.2 Å². The molecule has 3 saturated heterocycles. The number of likely N-dealkylation sites (tertiary alicyclic amines) is 2.